The second kappa shape index (κ2) is 7.31. The number of rotatable bonds is 5. The Morgan fingerprint density at radius 3 is 2.59 bits per heavy atom. The molecule has 1 atom stereocenters. The van der Waals surface area contributed by atoms with Crippen LogP contribution in [0.1, 0.15) is 24.8 Å². The second-order valence-electron chi connectivity index (χ2n) is 7.13. The van der Waals surface area contributed by atoms with Crippen molar-refractivity contribution in [1.82, 2.24) is 19.5 Å². The lowest BCUT2D eigenvalue weighted by molar-refractivity contribution is -0.138. The van der Waals surface area contributed by atoms with Gasteiger partial charge in [0.15, 0.2) is 20.6 Å². The van der Waals surface area contributed by atoms with Gasteiger partial charge in [0.25, 0.3) is 0 Å². The zero-order chi connectivity index (χ0) is 21.0. The molecule has 1 saturated carbocycles. The van der Waals surface area contributed by atoms with E-state index in [1.165, 1.54) is 0 Å². The fraction of sp³-hybridized carbons (Fsp3) is 0.562. The molecule has 2 aliphatic rings. The first-order valence-electron chi connectivity index (χ1n) is 8.81. The Balaban J connectivity index is 1.53. The Morgan fingerprint density at radius 2 is 2.00 bits per heavy atom. The molecule has 1 aliphatic carbocycles. The largest absolute Gasteiger partial charge is 0.417 e. The van der Waals surface area contributed by atoms with Crippen molar-refractivity contribution in [3.05, 3.63) is 22.8 Å². The van der Waals surface area contributed by atoms with E-state index in [2.05, 4.69) is 10.2 Å². The van der Waals surface area contributed by atoms with Crippen LogP contribution in [0.15, 0.2) is 17.4 Å². The first kappa shape index (κ1) is 20.7. The molecule has 13 heteroatoms. The van der Waals surface area contributed by atoms with Crippen LogP contribution < -0.4 is 0 Å². The van der Waals surface area contributed by atoms with Crippen molar-refractivity contribution in [1.29, 1.82) is 0 Å². The minimum absolute atomic E-state index is 0.0304. The van der Waals surface area contributed by atoms with Crippen molar-refractivity contribution < 1.29 is 26.4 Å². The van der Waals surface area contributed by atoms with Crippen molar-refractivity contribution >= 4 is 44.8 Å². The van der Waals surface area contributed by atoms with Crippen molar-refractivity contribution in [2.45, 2.75) is 42.7 Å². The third kappa shape index (κ3) is 4.33. The average Bonchev–Trinajstić information content (AvgIpc) is 3.25. The van der Waals surface area contributed by atoms with Gasteiger partial charge in [-0.25, -0.2) is 8.42 Å². The molecule has 0 spiro atoms. The van der Waals surface area contributed by atoms with E-state index >= 15 is 0 Å². The molecule has 0 N–H and O–H groups in total. The SMILES string of the molecule is O=C(CSc1nnc2c(Cl)cc(C(F)(F)F)cn12)N(C1CC1)[C@H]1CCS(=O)(=O)C1. The predicted octanol–water partition coefficient (Wildman–Crippen LogP) is 2.67. The molecule has 1 aliphatic heterocycles. The van der Waals surface area contributed by atoms with Crippen molar-refractivity contribution in [2.24, 2.45) is 0 Å². The summed E-state index contributed by atoms with van der Waals surface area (Å²) < 4.78 is 63.8. The fourth-order valence-corrected chi connectivity index (χ4v) is 6.18. The lowest BCUT2D eigenvalue weighted by Gasteiger charge is -2.28. The van der Waals surface area contributed by atoms with Crippen LogP contribution in [0.5, 0.6) is 0 Å². The summed E-state index contributed by atoms with van der Waals surface area (Å²) in [5.74, 6) is -0.316. The highest BCUT2D eigenvalue weighted by Crippen LogP contribution is 2.35. The van der Waals surface area contributed by atoms with Crippen molar-refractivity contribution in [3.8, 4) is 0 Å². The van der Waals surface area contributed by atoms with E-state index in [-0.39, 0.29) is 51.1 Å². The smallest absolute Gasteiger partial charge is 0.335 e. The molecule has 4 rings (SSSR count). The molecule has 0 unspecified atom stereocenters. The van der Waals surface area contributed by atoms with Gasteiger partial charge >= 0.3 is 6.18 Å². The molecule has 158 valence electrons. The number of hydrogen-bond donors (Lipinski definition) is 0. The summed E-state index contributed by atoms with van der Waals surface area (Å²) in [4.78, 5) is 14.4. The number of sulfone groups is 1. The van der Waals surface area contributed by atoms with Crippen LogP contribution >= 0.6 is 23.4 Å². The third-order valence-corrected chi connectivity index (χ3v) is 7.87. The number of pyridine rings is 1. The molecule has 3 heterocycles. The average molecular weight is 469 g/mol. The Bertz CT molecular complexity index is 1070. The Labute approximate surface area is 173 Å². The van der Waals surface area contributed by atoms with Gasteiger partial charge in [-0.2, -0.15) is 13.2 Å². The number of hydrogen-bond acceptors (Lipinski definition) is 6. The number of thioether (sulfide) groups is 1. The van der Waals surface area contributed by atoms with Crippen LogP contribution in [0, 0.1) is 0 Å². The highest BCUT2D eigenvalue weighted by molar-refractivity contribution is 7.99. The molecular formula is C16H16ClF3N4O3S2. The number of fused-ring (bicyclic) bond motifs is 1. The number of nitrogens with zero attached hydrogens (tertiary/aromatic N) is 4. The van der Waals surface area contributed by atoms with Gasteiger partial charge in [-0.05, 0) is 25.3 Å². The Hall–Kier alpha value is -1.53. The molecule has 29 heavy (non-hydrogen) atoms. The zero-order valence-corrected chi connectivity index (χ0v) is 17.3. The number of alkyl halides is 3. The van der Waals surface area contributed by atoms with Crippen molar-refractivity contribution in [3.63, 3.8) is 0 Å². The molecule has 2 aromatic heterocycles. The molecule has 0 bridgehead atoms. The zero-order valence-electron chi connectivity index (χ0n) is 14.9. The topological polar surface area (TPSA) is 84.6 Å². The monoisotopic (exact) mass is 468 g/mol. The number of halogens is 4. The molecule has 2 fully saturated rings. The maximum Gasteiger partial charge on any atom is 0.417 e. The molecule has 1 saturated heterocycles. The van der Waals surface area contributed by atoms with E-state index in [4.69, 9.17) is 11.6 Å². The Morgan fingerprint density at radius 1 is 1.28 bits per heavy atom. The molecule has 1 amide bonds. The summed E-state index contributed by atoms with van der Waals surface area (Å²) in [6.45, 7) is 0. The minimum atomic E-state index is -4.59. The lowest BCUT2D eigenvalue weighted by Crippen LogP contribution is -2.43. The quantitative estimate of drug-likeness (QED) is 0.627. The van der Waals surface area contributed by atoms with Gasteiger partial charge in [0.1, 0.15) is 0 Å². The number of amides is 1. The van der Waals surface area contributed by atoms with E-state index < -0.39 is 21.6 Å². The minimum Gasteiger partial charge on any atom is -0.335 e. The third-order valence-electron chi connectivity index (χ3n) is 4.91. The Kier molecular flexibility index (Phi) is 5.23. The van der Waals surface area contributed by atoms with E-state index in [0.717, 1.165) is 41.3 Å². The number of aromatic nitrogens is 3. The van der Waals surface area contributed by atoms with Gasteiger partial charge in [0.05, 0.1) is 27.8 Å². The molecule has 7 nitrogen and oxygen atoms in total. The molecule has 0 aromatic carbocycles. The van der Waals surface area contributed by atoms with Gasteiger partial charge < -0.3 is 4.90 Å². The standard InChI is InChI=1S/C16H16ClF3N4O3S2/c17-12-5-9(16(18,19)20)6-23-14(12)21-22-15(23)28-7-13(25)24(10-1-2-10)11-3-4-29(26,27)8-11/h5-6,10-11H,1-4,7-8H2/t11-/m0/s1. The van der Waals surface area contributed by atoms with Crippen LogP contribution in [-0.2, 0) is 20.8 Å². The van der Waals surface area contributed by atoms with E-state index in [1.54, 1.807) is 4.90 Å². The van der Waals surface area contributed by atoms with Crippen LogP contribution in [0.4, 0.5) is 13.2 Å². The highest BCUT2D eigenvalue weighted by atomic mass is 35.5. The fourth-order valence-electron chi connectivity index (χ4n) is 3.44. The number of carbonyl (C=O) groups is 1. The van der Waals surface area contributed by atoms with Gasteiger partial charge in [0, 0.05) is 18.3 Å². The van der Waals surface area contributed by atoms with Gasteiger partial charge in [0.2, 0.25) is 5.91 Å². The summed E-state index contributed by atoms with van der Waals surface area (Å²) in [7, 11) is -3.14. The van der Waals surface area contributed by atoms with Crippen LogP contribution in [0.3, 0.4) is 0 Å². The summed E-state index contributed by atoms with van der Waals surface area (Å²) in [5, 5.41) is 7.56. The summed E-state index contributed by atoms with van der Waals surface area (Å²) in [5.41, 5.74) is -0.880. The summed E-state index contributed by atoms with van der Waals surface area (Å²) >= 11 is 6.84. The van der Waals surface area contributed by atoms with Gasteiger partial charge in [-0.15, -0.1) is 10.2 Å². The normalized spacial score (nSPS) is 21.6. The van der Waals surface area contributed by atoms with E-state index in [9.17, 15) is 26.4 Å². The highest BCUT2D eigenvalue weighted by Gasteiger charge is 2.42. The van der Waals surface area contributed by atoms with E-state index in [0.29, 0.717) is 6.42 Å². The predicted molar refractivity (Wildman–Crippen MR) is 101 cm³/mol. The van der Waals surface area contributed by atoms with Crippen LogP contribution in [-0.4, -0.2) is 63.2 Å². The second-order valence-corrected chi connectivity index (χ2v) is 10.7. The summed E-state index contributed by atoms with van der Waals surface area (Å²) in [6.07, 6.45) is -1.68. The van der Waals surface area contributed by atoms with Crippen LogP contribution in [0.25, 0.3) is 5.65 Å². The molecule has 0 radical (unpaired) electrons. The maximum atomic E-state index is 13.1. The summed E-state index contributed by atoms with van der Waals surface area (Å²) in [6, 6.07) is 0.463. The first-order valence-corrected chi connectivity index (χ1v) is 12.0. The number of carbonyl (C=O) groups excluding carboxylic acids is 1. The molecular weight excluding hydrogens is 453 g/mol. The molecule has 2 aromatic rings. The maximum absolute atomic E-state index is 13.1. The van der Waals surface area contributed by atoms with Gasteiger partial charge in [-0.3, -0.25) is 9.20 Å². The van der Waals surface area contributed by atoms with E-state index in [1.807, 2.05) is 0 Å². The van der Waals surface area contributed by atoms with Crippen LogP contribution in [0.2, 0.25) is 5.02 Å². The first-order chi connectivity index (χ1) is 13.5. The van der Waals surface area contributed by atoms with Crippen molar-refractivity contribution in [2.75, 3.05) is 17.3 Å². The van der Waals surface area contributed by atoms with Gasteiger partial charge in [-0.1, -0.05) is 23.4 Å². The lowest BCUT2D eigenvalue weighted by atomic mass is 10.2.